The van der Waals surface area contributed by atoms with Crippen LogP contribution in [0.25, 0.3) is 0 Å². The van der Waals surface area contributed by atoms with Crippen molar-refractivity contribution in [3.05, 3.63) is 30.1 Å². The maximum absolute atomic E-state index is 13.6. The number of amides is 3. The molecule has 1 aliphatic carbocycles. The first-order chi connectivity index (χ1) is 19.8. The van der Waals surface area contributed by atoms with E-state index in [0.717, 1.165) is 31.4 Å². The average molecular weight is 588 g/mol. The van der Waals surface area contributed by atoms with E-state index in [1.165, 1.54) is 19.3 Å². The van der Waals surface area contributed by atoms with Crippen LogP contribution in [-0.4, -0.2) is 69.0 Å². The van der Waals surface area contributed by atoms with Gasteiger partial charge < -0.3 is 26.0 Å². The Bertz CT molecular complexity index is 974. The maximum atomic E-state index is 13.6. The molecule has 1 heterocycles. The first-order valence-electron chi connectivity index (χ1n) is 16.0. The van der Waals surface area contributed by atoms with E-state index in [0.29, 0.717) is 5.92 Å². The van der Waals surface area contributed by atoms with Crippen molar-refractivity contribution in [1.82, 2.24) is 25.8 Å². The van der Waals surface area contributed by atoms with Crippen molar-refractivity contribution in [2.45, 2.75) is 137 Å². The monoisotopic (exact) mass is 587 g/mol. The standard InChI is InChI=1S/C33H57N5O4/c1-9-23(4)30(31(41)36-20-26-17-13-14-18-34-26)37-32(42)29(22(2)3)35-21-28(40)27(19-25-15-11-10-12-16-25)38(24(5)39)33(6,7)8/h13-14,17-18,22-23,25,27-30,35,40H,9-12,15-16,19-21H2,1-8H3,(H,36,41)(H,37,42)/t23-,27-,28-,29-,30-/m0/s1. The zero-order chi connectivity index (χ0) is 31.4. The summed E-state index contributed by atoms with van der Waals surface area (Å²) in [4.78, 5) is 45.7. The number of nitrogens with zero attached hydrogens (tertiary/aromatic N) is 2. The Morgan fingerprint density at radius 1 is 1.05 bits per heavy atom. The molecule has 3 amide bonds. The maximum Gasteiger partial charge on any atom is 0.243 e. The van der Waals surface area contributed by atoms with Crippen molar-refractivity contribution in [3.63, 3.8) is 0 Å². The van der Waals surface area contributed by atoms with Crippen LogP contribution in [0.3, 0.4) is 0 Å². The number of rotatable bonds is 15. The minimum atomic E-state index is -0.851. The van der Waals surface area contributed by atoms with E-state index in [1.54, 1.807) is 13.1 Å². The number of pyridine rings is 1. The number of aliphatic hydroxyl groups excluding tert-OH is 1. The smallest absolute Gasteiger partial charge is 0.243 e. The zero-order valence-electron chi connectivity index (χ0n) is 27.3. The van der Waals surface area contributed by atoms with Gasteiger partial charge in [0.2, 0.25) is 17.7 Å². The molecule has 1 fully saturated rings. The molecular weight excluding hydrogens is 530 g/mol. The van der Waals surface area contributed by atoms with Gasteiger partial charge in [-0.3, -0.25) is 19.4 Å². The summed E-state index contributed by atoms with van der Waals surface area (Å²) in [6, 6.07) is 3.85. The summed E-state index contributed by atoms with van der Waals surface area (Å²) >= 11 is 0. The van der Waals surface area contributed by atoms with Gasteiger partial charge in [-0.2, -0.15) is 0 Å². The van der Waals surface area contributed by atoms with Crippen LogP contribution in [-0.2, 0) is 20.9 Å². The summed E-state index contributed by atoms with van der Waals surface area (Å²) in [5, 5.41) is 20.8. The van der Waals surface area contributed by atoms with E-state index >= 15 is 0 Å². The number of aliphatic hydroxyl groups is 1. The summed E-state index contributed by atoms with van der Waals surface area (Å²) in [5.41, 5.74) is 0.293. The second-order valence-corrected chi connectivity index (χ2v) is 13.5. The van der Waals surface area contributed by atoms with Crippen LogP contribution < -0.4 is 16.0 Å². The fourth-order valence-electron chi connectivity index (χ4n) is 6.15. The lowest BCUT2D eigenvalue weighted by Crippen LogP contribution is -2.60. The summed E-state index contributed by atoms with van der Waals surface area (Å²) in [5.74, 6) is -0.290. The molecule has 0 aromatic carbocycles. The van der Waals surface area contributed by atoms with Crippen molar-refractivity contribution in [2.24, 2.45) is 17.8 Å². The Kier molecular flexibility index (Phi) is 14.4. The third-order valence-corrected chi connectivity index (χ3v) is 8.60. The van der Waals surface area contributed by atoms with Crippen molar-refractivity contribution in [2.75, 3.05) is 6.54 Å². The predicted molar refractivity (Wildman–Crippen MR) is 167 cm³/mol. The lowest BCUT2D eigenvalue weighted by Gasteiger charge is -2.45. The molecule has 9 heteroatoms. The van der Waals surface area contributed by atoms with Gasteiger partial charge in [0.05, 0.1) is 30.4 Å². The quantitative estimate of drug-likeness (QED) is 0.244. The number of nitrogens with one attached hydrogen (secondary N) is 3. The zero-order valence-corrected chi connectivity index (χ0v) is 27.3. The number of carbonyl (C=O) groups is 3. The lowest BCUT2D eigenvalue weighted by atomic mass is 9.82. The van der Waals surface area contributed by atoms with Gasteiger partial charge in [-0.1, -0.05) is 72.3 Å². The second kappa shape index (κ2) is 16.9. The Morgan fingerprint density at radius 2 is 1.71 bits per heavy atom. The van der Waals surface area contributed by atoms with Crippen LogP contribution in [0.5, 0.6) is 0 Å². The van der Waals surface area contributed by atoms with E-state index in [2.05, 4.69) is 20.9 Å². The molecule has 5 atom stereocenters. The summed E-state index contributed by atoms with van der Waals surface area (Å²) in [7, 11) is 0. The van der Waals surface area contributed by atoms with Gasteiger partial charge in [-0.05, 0) is 57.1 Å². The number of aromatic nitrogens is 1. The molecule has 0 bridgehead atoms. The molecule has 0 spiro atoms. The molecule has 42 heavy (non-hydrogen) atoms. The molecule has 0 radical (unpaired) electrons. The molecule has 0 aliphatic heterocycles. The SMILES string of the molecule is CC[C@H](C)[C@H](NC(=O)[C@@H](NC[C@H](O)[C@H](CC1CCCCC1)N(C(C)=O)C(C)(C)C)C(C)C)C(=O)NCc1ccccn1. The molecular formula is C33H57N5O4. The predicted octanol–water partition coefficient (Wildman–Crippen LogP) is 4.19. The topological polar surface area (TPSA) is 124 Å². The van der Waals surface area contributed by atoms with E-state index in [9.17, 15) is 19.5 Å². The molecule has 9 nitrogen and oxygen atoms in total. The van der Waals surface area contributed by atoms with E-state index in [1.807, 2.05) is 71.6 Å². The molecule has 238 valence electrons. The molecule has 0 saturated heterocycles. The number of carbonyl (C=O) groups excluding carboxylic acids is 3. The molecule has 4 N–H and O–H groups in total. The van der Waals surface area contributed by atoms with Crippen LogP contribution in [0.2, 0.25) is 0 Å². The van der Waals surface area contributed by atoms with Gasteiger partial charge in [0, 0.05) is 25.2 Å². The normalized spacial score (nSPS) is 18.0. The van der Waals surface area contributed by atoms with Crippen LogP contribution in [0.4, 0.5) is 0 Å². The van der Waals surface area contributed by atoms with Gasteiger partial charge in [0.25, 0.3) is 0 Å². The van der Waals surface area contributed by atoms with Gasteiger partial charge in [0.15, 0.2) is 0 Å². The minimum absolute atomic E-state index is 0.0615. The highest BCUT2D eigenvalue weighted by atomic mass is 16.3. The summed E-state index contributed by atoms with van der Waals surface area (Å²) < 4.78 is 0. The minimum Gasteiger partial charge on any atom is -0.390 e. The number of hydrogen-bond donors (Lipinski definition) is 4. The molecule has 1 aromatic rings. The van der Waals surface area contributed by atoms with E-state index in [-0.39, 0.29) is 48.7 Å². The van der Waals surface area contributed by atoms with Gasteiger partial charge in [-0.15, -0.1) is 0 Å². The van der Waals surface area contributed by atoms with Crippen molar-refractivity contribution < 1.29 is 19.5 Å². The third kappa shape index (κ3) is 11.0. The van der Waals surface area contributed by atoms with Crippen LogP contribution in [0.1, 0.15) is 106 Å². The van der Waals surface area contributed by atoms with Gasteiger partial charge in [-0.25, -0.2) is 0 Å². The van der Waals surface area contributed by atoms with E-state index in [4.69, 9.17) is 0 Å². The molecule has 2 rings (SSSR count). The molecule has 1 saturated carbocycles. The van der Waals surface area contributed by atoms with Crippen LogP contribution >= 0.6 is 0 Å². The molecule has 1 aromatic heterocycles. The van der Waals surface area contributed by atoms with Gasteiger partial charge in [0.1, 0.15) is 6.04 Å². The Labute approximate surface area is 254 Å². The van der Waals surface area contributed by atoms with Crippen molar-refractivity contribution in [1.29, 1.82) is 0 Å². The second-order valence-electron chi connectivity index (χ2n) is 13.5. The van der Waals surface area contributed by atoms with Gasteiger partial charge >= 0.3 is 0 Å². The largest absolute Gasteiger partial charge is 0.390 e. The van der Waals surface area contributed by atoms with Crippen molar-refractivity contribution in [3.8, 4) is 0 Å². The number of hydrogen-bond acceptors (Lipinski definition) is 6. The lowest BCUT2D eigenvalue weighted by molar-refractivity contribution is -0.141. The fraction of sp³-hybridized carbons (Fsp3) is 0.758. The van der Waals surface area contributed by atoms with Crippen molar-refractivity contribution >= 4 is 17.7 Å². The van der Waals surface area contributed by atoms with Crippen LogP contribution in [0.15, 0.2) is 24.4 Å². The first kappa shape index (κ1) is 35.7. The fourth-order valence-corrected chi connectivity index (χ4v) is 6.15. The Morgan fingerprint density at radius 3 is 2.24 bits per heavy atom. The molecule has 1 aliphatic rings. The Hall–Kier alpha value is -2.52. The van der Waals surface area contributed by atoms with Crippen LogP contribution in [0, 0.1) is 17.8 Å². The Balaban J connectivity index is 2.14. The summed E-state index contributed by atoms with van der Waals surface area (Å²) in [6.45, 7) is 15.8. The molecule has 0 unspecified atom stereocenters. The highest BCUT2D eigenvalue weighted by molar-refractivity contribution is 5.90. The average Bonchev–Trinajstić information content (AvgIpc) is 2.93. The highest BCUT2D eigenvalue weighted by Gasteiger charge is 2.38. The third-order valence-electron chi connectivity index (χ3n) is 8.60. The highest BCUT2D eigenvalue weighted by Crippen LogP contribution is 2.32. The first-order valence-corrected chi connectivity index (χ1v) is 16.0. The summed E-state index contributed by atoms with van der Waals surface area (Å²) in [6.07, 6.45) is 8.13. The van der Waals surface area contributed by atoms with E-state index < -0.39 is 23.7 Å².